The van der Waals surface area contributed by atoms with Crippen molar-refractivity contribution in [1.82, 2.24) is 18.9 Å². The van der Waals surface area contributed by atoms with Crippen LogP contribution < -0.4 is 16.6 Å². The van der Waals surface area contributed by atoms with E-state index in [2.05, 4.69) is 10.4 Å². The van der Waals surface area contributed by atoms with E-state index in [4.69, 9.17) is 11.6 Å². The molecule has 3 rings (SSSR count). The summed E-state index contributed by atoms with van der Waals surface area (Å²) >= 11 is 6.03. The highest BCUT2D eigenvalue weighted by molar-refractivity contribution is 6.30. The molecule has 0 atom stereocenters. The Morgan fingerprint density at radius 3 is 2.62 bits per heavy atom. The van der Waals surface area contributed by atoms with Crippen LogP contribution in [-0.2, 0) is 14.1 Å². The van der Waals surface area contributed by atoms with Gasteiger partial charge in [0.1, 0.15) is 11.9 Å². The summed E-state index contributed by atoms with van der Waals surface area (Å²) in [5, 5.41) is 17.2. The van der Waals surface area contributed by atoms with E-state index in [0.717, 1.165) is 15.9 Å². The molecule has 26 heavy (non-hydrogen) atoms. The zero-order valence-electron chi connectivity index (χ0n) is 14.3. The molecule has 0 aliphatic carbocycles. The van der Waals surface area contributed by atoms with Gasteiger partial charge in [-0.2, -0.15) is 10.4 Å². The summed E-state index contributed by atoms with van der Waals surface area (Å²) in [6.07, 6.45) is 1.55. The summed E-state index contributed by atoms with van der Waals surface area (Å²) < 4.78 is 3.78. The summed E-state index contributed by atoms with van der Waals surface area (Å²) in [5.41, 5.74) is 0.717. The molecule has 132 valence electrons. The lowest BCUT2D eigenvalue weighted by Gasteiger charge is -2.13. The first-order valence-electron chi connectivity index (χ1n) is 7.63. The lowest BCUT2D eigenvalue weighted by Crippen LogP contribution is -2.39. The Morgan fingerprint density at radius 1 is 1.23 bits per heavy atom. The van der Waals surface area contributed by atoms with Crippen molar-refractivity contribution in [1.29, 1.82) is 5.26 Å². The average molecular weight is 371 g/mol. The highest BCUT2D eigenvalue weighted by atomic mass is 35.5. The van der Waals surface area contributed by atoms with E-state index in [0.29, 0.717) is 10.7 Å². The second-order valence-electron chi connectivity index (χ2n) is 5.70. The monoisotopic (exact) mass is 370 g/mol. The van der Waals surface area contributed by atoms with E-state index in [9.17, 15) is 14.9 Å². The lowest BCUT2D eigenvalue weighted by molar-refractivity contribution is 0.689. The molecule has 0 aliphatic heterocycles. The van der Waals surface area contributed by atoms with Crippen LogP contribution in [-0.4, -0.2) is 18.9 Å². The van der Waals surface area contributed by atoms with Crippen molar-refractivity contribution in [2.75, 3.05) is 5.32 Å². The SMILES string of the molecule is Cc1c(Nc2c(C#N)c(=O)n(C)c(=O)n2C)cnn1-c1cccc(Cl)c1. The molecule has 0 unspecified atom stereocenters. The third-order valence-electron chi connectivity index (χ3n) is 4.09. The zero-order chi connectivity index (χ0) is 19.0. The third-order valence-corrected chi connectivity index (χ3v) is 4.33. The number of nitrogens with zero attached hydrogens (tertiary/aromatic N) is 5. The molecule has 0 aliphatic rings. The number of nitriles is 1. The van der Waals surface area contributed by atoms with Crippen LogP contribution in [0.25, 0.3) is 5.69 Å². The van der Waals surface area contributed by atoms with Crippen molar-refractivity contribution in [2.24, 2.45) is 14.1 Å². The number of rotatable bonds is 3. The fraction of sp³-hybridized carbons (Fsp3) is 0.176. The molecule has 9 heteroatoms. The van der Waals surface area contributed by atoms with Gasteiger partial charge in [0.2, 0.25) is 0 Å². The van der Waals surface area contributed by atoms with Gasteiger partial charge < -0.3 is 5.32 Å². The topological polar surface area (TPSA) is 97.6 Å². The van der Waals surface area contributed by atoms with Crippen LogP contribution >= 0.6 is 11.6 Å². The molecule has 1 N–H and O–H groups in total. The van der Waals surface area contributed by atoms with Gasteiger partial charge in [-0.15, -0.1) is 0 Å². The van der Waals surface area contributed by atoms with Crippen LogP contribution in [0.3, 0.4) is 0 Å². The maximum Gasteiger partial charge on any atom is 0.332 e. The van der Waals surface area contributed by atoms with Gasteiger partial charge in [0.05, 0.1) is 23.3 Å². The van der Waals surface area contributed by atoms with Gasteiger partial charge in [-0.1, -0.05) is 17.7 Å². The number of hydrogen-bond donors (Lipinski definition) is 1. The van der Waals surface area contributed by atoms with E-state index in [1.807, 2.05) is 25.1 Å². The number of nitrogens with one attached hydrogen (secondary N) is 1. The fourth-order valence-corrected chi connectivity index (χ4v) is 2.80. The second-order valence-corrected chi connectivity index (χ2v) is 6.14. The van der Waals surface area contributed by atoms with Crippen LogP contribution in [0, 0.1) is 18.3 Å². The van der Waals surface area contributed by atoms with E-state index < -0.39 is 11.2 Å². The van der Waals surface area contributed by atoms with E-state index in [1.54, 1.807) is 23.0 Å². The summed E-state index contributed by atoms with van der Waals surface area (Å²) in [5.74, 6) is 0.120. The Bertz CT molecular complexity index is 1170. The first-order valence-corrected chi connectivity index (χ1v) is 8.00. The Labute approximate surface area is 153 Å². The van der Waals surface area contributed by atoms with Crippen LogP contribution in [0.2, 0.25) is 5.02 Å². The summed E-state index contributed by atoms with van der Waals surface area (Å²) in [7, 11) is 2.82. The van der Waals surface area contributed by atoms with Crippen LogP contribution in [0.5, 0.6) is 0 Å². The van der Waals surface area contributed by atoms with Gasteiger partial charge in [-0.05, 0) is 25.1 Å². The molecule has 8 nitrogen and oxygen atoms in total. The summed E-state index contributed by atoms with van der Waals surface area (Å²) in [6, 6.07) is 9.05. The molecule has 3 aromatic rings. The minimum absolute atomic E-state index is 0.120. The molecule has 0 spiro atoms. The maximum atomic E-state index is 12.2. The van der Waals surface area contributed by atoms with Gasteiger partial charge >= 0.3 is 5.69 Å². The van der Waals surface area contributed by atoms with Gasteiger partial charge in [0, 0.05) is 19.1 Å². The Hall–Kier alpha value is -3.31. The standard InChI is InChI=1S/C17H15ClN6O2/c1-10-14(9-20-24(10)12-6-4-5-11(18)7-12)21-15-13(8-19)16(25)23(3)17(26)22(15)2/h4-7,9,21H,1-3H3. The van der Waals surface area contributed by atoms with Crippen molar-refractivity contribution in [3.05, 3.63) is 67.6 Å². The minimum Gasteiger partial charge on any atom is -0.337 e. The second kappa shape index (κ2) is 6.54. The Kier molecular flexibility index (Phi) is 4.40. The lowest BCUT2D eigenvalue weighted by atomic mass is 10.3. The van der Waals surface area contributed by atoms with Gasteiger partial charge in [0.25, 0.3) is 5.56 Å². The van der Waals surface area contributed by atoms with Crippen molar-refractivity contribution in [2.45, 2.75) is 6.92 Å². The minimum atomic E-state index is -0.655. The summed E-state index contributed by atoms with van der Waals surface area (Å²) in [4.78, 5) is 24.3. The normalized spacial score (nSPS) is 10.6. The zero-order valence-corrected chi connectivity index (χ0v) is 15.1. The molecule has 0 amide bonds. The molecule has 0 radical (unpaired) electrons. The third kappa shape index (κ3) is 2.78. The number of halogens is 1. The van der Waals surface area contributed by atoms with Gasteiger partial charge in [-0.25, -0.2) is 9.48 Å². The number of anilines is 2. The van der Waals surface area contributed by atoms with E-state index in [-0.39, 0.29) is 11.4 Å². The molecule has 2 aromatic heterocycles. The quantitative estimate of drug-likeness (QED) is 0.758. The molecule has 0 bridgehead atoms. The maximum absolute atomic E-state index is 12.2. The first-order chi connectivity index (χ1) is 12.3. The van der Waals surface area contributed by atoms with E-state index >= 15 is 0 Å². The van der Waals surface area contributed by atoms with Crippen LogP contribution in [0.15, 0.2) is 40.1 Å². The molecule has 2 heterocycles. The van der Waals surface area contributed by atoms with Crippen LogP contribution in [0.4, 0.5) is 11.5 Å². The molecule has 0 saturated carbocycles. The van der Waals surface area contributed by atoms with Crippen LogP contribution in [0.1, 0.15) is 11.3 Å². The van der Waals surface area contributed by atoms with Crippen molar-refractivity contribution < 1.29 is 0 Å². The predicted molar refractivity (Wildman–Crippen MR) is 98.2 cm³/mol. The highest BCUT2D eigenvalue weighted by Crippen LogP contribution is 2.24. The summed E-state index contributed by atoms with van der Waals surface area (Å²) in [6.45, 7) is 1.82. The number of aromatic nitrogens is 4. The van der Waals surface area contributed by atoms with Crippen molar-refractivity contribution >= 4 is 23.1 Å². The smallest absolute Gasteiger partial charge is 0.332 e. The molecular formula is C17H15ClN6O2. The number of hydrogen-bond acceptors (Lipinski definition) is 5. The van der Waals surface area contributed by atoms with Crippen molar-refractivity contribution in [3.8, 4) is 11.8 Å². The van der Waals surface area contributed by atoms with Gasteiger partial charge in [0.15, 0.2) is 5.56 Å². The molecular weight excluding hydrogens is 356 g/mol. The van der Waals surface area contributed by atoms with E-state index in [1.165, 1.54) is 18.7 Å². The Morgan fingerprint density at radius 2 is 1.96 bits per heavy atom. The predicted octanol–water partition coefficient (Wildman–Crippen LogP) is 1.85. The molecule has 0 fully saturated rings. The first kappa shape index (κ1) is 17.5. The number of benzene rings is 1. The van der Waals surface area contributed by atoms with Crippen molar-refractivity contribution in [3.63, 3.8) is 0 Å². The molecule has 0 saturated heterocycles. The average Bonchev–Trinajstić information content (AvgIpc) is 2.99. The molecule has 1 aromatic carbocycles. The van der Waals surface area contributed by atoms with Gasteiger partial charge in [-0.3, -0.25) is 13.9 Å². The highest BCUT2D eigenvalue weighted by Gasteiger charge is 2.17. The Balaban J connectivity index is 2.11. The largest absolute Gasteiger partial charge is 0.337 e. The fourth-order valence-electron chi connectivity index (χ4n) is 2.62.